The van der Waals surface area contributed by atoms with Crippen LogP contribution in [0.25, 0.3) is 20.9 Å². The molecule has 34 heavy (non-hydrogen) atoms. The van der Waals surface area contributed by atoms with E-state index in [0.29, 0.717) is 5.84 Å². The molecule has 3 aromatic carbocycles. The molecule has 4 rings (SSSR count). The van der Waals surface area contributed by atoms with Crippen LogP contribution in [-0.2, 0) is 6.54 Å². The molecule has 0 aliphatic heterocycles. The first kappa shape index (κ1) is 24.7. The van der Waals surface area contributed by atoms with Crippen LogP contribution in [0.5, 0.6) is 0 Å². The number of thiophene rings is 1. The van der Waals surface area contributed by atoms with Gasteiger partial charge >= 0.3 is 0 Å². The van der Waals surface area contributed by atoms with Gasteiger partial charge in [0.25, 0.3) is 0 Å². The molecular formula is C29H34ClN3S. The number of fused-ring (bicyclic) bond motifs is 2. The lowest BCUT2D eigenvalue weighted by molar-refractivity contribution is 0.288. The highest BCUT2D eigenvalue weighted by atomic mass is 35.5. The van der Waals surface area contributed by atoms with E-state index in [1.807, 2.05) is 12.1 Å². The number of unbranched alkanes of at least 4 members (excludes halogenated alkanes) is 1. The van der Waals surface area contributed by atoms with Crippen LogP contribution in [0.4, 0.5) is 0 Å². The maximum absolute atomic E-state index is 9.22. The predicted octanol–water partition coefficient (Wildman–Crippen LogP) is 7.97. The summed E-state index contributed by atoms with van der Waals surface area (Å²) in [5, 5.41) is 13.6. The highest BCUT2D eigenvalue weighted by Crippen LogP contribution is 2.36. The summed E-state index contributed by atoms with van der Waals surface area (Å²) in [6.07, 6.45) is 2.21. The molecule has 1 heterocycles. The van der Waals surface area contributed by atoms with Gasteiger partial charge in [0.05, 0.1) is 4.88 Å². The molecular weight excluding hydrogens is 458 g/mol. The normalized spacial score (nSPS) is 11.6. The van der Waals surface area contributed by atoms with Crippen LogP contribution in [0.3, 0.4) is 0 Å². The van der Waals surface area contributed by atoms with Crippen LogP contribution in [0.15, 0.2) is 60.7 Å². The largest absolute Gasteiger partial charge is 0.352 e. The van der Waals surface area contributed by atoms with Crippen LogP contribution in [0.1, 0.15) is 42.7 Å². The van der Waals surface area contributed by atoms with Crippen molar-refractivity contribution in [3.63, 3.8) is 0 Å². The Morgan fingerprint density at radius 2 is 1.65 bits per heavy atom. The zero-order valence-corrected chi connectivity index (χ0v) is 22.0. The smallest absolute Gasteiger partial charge is 0.138 e. The molecule has 0 saturated heterocycles. The van der Waals surface area contributed by atoms with Gasteiger partial charge in [-0.25, -0.2) is 0 Å². The molecule has 3 nitrogen and oxygen atoms in total. The Kier molecular flexibility index (Phi) is 8.25. The molecule has 0 bridgehead atoms. The Morgan fingerprint density at radius 3 is 2.38 bits per heavy atom. The van der Waals surface area contributed by atoms with Crippen molar-refractivity contribution in [1.29, 1.82) is 5.41 Å². The Bertz CT molecular complexity index is 1280. The minimum Gasteiger partial charge on any atom is -0.352 e. The van der Waals surface area contributed by atoms with Crippen LogP contribution in [-0.4, -0.2) is 41.8 Å². The predicted molar refractivity (Wildman–Crippen MR) is 150 cm³/mol. The van der Waals surface area contributed by atoms with E-state index in [1.54, 1.807) is 11.3 Å². The molecule has 1 N–H and O–H groups in total. The second-order valence-electron chi connectivity index (χ2n) is 8.85. The summed E-state index contributed by atoms with van der Waals surface area (Å²) in [5.74, 6) is 0.603. The fraction of sp³-hybridized carbons (Fsp3) is 0.345. The average molecular weight is 492 g/mol. The van der Waals surface area contributed by atoms with E-state index >= 15 is 0 Å². The lowest BCUT2D eigenvalue weighted by atomic mass is 10.1. The molecule has 1 aromatic heterocycles. The molecule has 0 aliphatic rings. The molecule has 178 valence electrons. The van der Waals surface area contributed by atoms with Crippen LogP contribution in [0, 0.1) is 12.3 Å². The maximum Gasteiger partial charge on any atom is 0.138 e. The summed E-state index contributed by atoms with van der Waals surface area (Å²) in [6, 6.07) is 21.2. The zero-order chi connectivity index (χ0) is 24.1. The third-order valence-corrected chi connectivity index (χ3v) is 8.25. The molecule has 0 spiro atoms. The molecule has 4 aromatic rings. The third kappa shape index (κ3) is 5.46. The first-order valence-corrected chi connectivity index (χ1v) is 13.4. The Labute approximate surface area is 212 Å². The first-order valence-electron chi connectivity index (χ1n) is 12.2. The summed E-state index contributed by atoms with van der Waals surface area (Å²) in [7, 11) is 0. The minimum absolute atomic E-state index is 0.603. The number of rotatable bonds is 10. The maximum atomic E-state index is 9.22. The number of hydrogen-bond acceptors (Lipinski definition) is 3. The van der Waals surface area contributed by atoms with E-state index in [0.717, 1.165) is 71.1 Å². The number of halogens is 1. The van der Waals surface area contributed by atoms with E-state index in [1.165, 1.54) is 16.3 Å². The van der Waals surface area contributed by atoms with Crippen LogP contribution < -0.4 is 0 Å². The summed E-state index contributed by atoms with van der Waals surface area (Å²) >= 11 is 8.20. The SMILES string of the molecule is CCN(CC)CCCCN(Cc1ccc2ccccc2c1)C(=N)c1sc2cccc(Cl)c2c1C. The Balaban J connectivity index is 1.59. The number of nitrogens with one attached hydrogen (secondary N) is 1. The fourth-order valence-electron chi connectivity index (χ4n) is 4.63. The van der Waals surface area contributed by atoms with E-state index in [-0.39, 0.29) is 0 Å². The van der Waals surface area contributed by atoms with Crippen molar-refractivity contribution < 1.29 is 0 Å². The lowest BCUT2D eigenvalue weighted by Gasteiger charge is -2.26. The monoisotopic (exact) mass is 491 g/mol. The molecule has 0 unspecified atom stereocenters. The quantitative estimate of drug-likeness (QED) is 0.138. The average Bonchev–Trinajstić information content (AvgIpc) is 3.20. The van der Waals surface area contributed by atoms with Crippen molar-refractivity contribution in [2.75, 3.05) is 26.2 Å². The van der Waals surface area contributed by atoms with Crippen molar-refractivity contribution in [1.82, 2.24) is 9.80 Å². The summed E-state index contributed by atoms with van der Waals surface area (Å²) in [4.78, 5) is 5.74. The van der Waals surface area contributed by atoms with Gasteiger partial charge < -0.3 is 9.80 Å². The topological polar surface area (TPSA) is 30.3 Å². The van der Waals surface area contributed by atoms with E-state index in [4.69, 9.17) is 11.6 Å². The van der Waals surface area contributed by atoms with Crippen molar-refractivity contribution >= 4 is 49.6 Å². The third-order valence-electron chi connectivity index (χ3n) is 6.67. The summed E-state index contributed by atoms with van der Waals surface area (Å²) in [5.41, 5.74) is 2.35. The van der Waals surface area contributed by atoms with Crippen molar-refractivity contribution in [2.45, 2.75) is 40.2 Å². The highest BCUT2D eigenvalue weighted by molar-refractivity contribution is 7.21. The van der Waals surface area contributed by atoms with E-state index in [2.05, 4.69) is 79.1 Å². The van der Waals surface area contributed by atoms with Gasteiger partial charge in [-0.2, -0.15) is 0 Å². The van der Waals surface area contributed by atoms with Gasteiger partial charge in [-0.05, 0) is 79.5 Å². The van der Waals surface area contributed by atoms with Crippen LogP contribution >= 0.6 is 22.9 Å². The van der Waals surface area contributed by atoms with E-state index in [9.17, 15) is 5.41 Å². The highest BCUT2D eigenvalue weighted by Gasteiger charge is 2.20. The lowest BCUT2D eigenvalue weighted by Crippen LogP contribution is -2.32. The number of benzene rings is 3. The van der Waals surface area contributed by atoms with Crippen LogP contribution in [0.2, 0.25) is 5.02 Å². The number of aryl methyl sites for hydroxylation is 1. The van der Waals surface area contributed by atoms with Gasteiger partial charge in [-0.15, -0.1) is 11.3 Å². The second kappa shape index (κ2) is 11.4. The molecule has 0 amide bonds. The fourth-order valence-corrected chi connectivity index (χ4v) is 6.21. The van der Waals surface area contributed by atoms with Crippen molar-refractivity contribution in [2.24, 2.45) is 0 Å². The van der Waals surface area contributed by atoms with Crippen molar-refractivity contribution in [3.05, 3.63) is 81.7 Å². The standard InChI is InChI=1S/C29H34ClN3S/c1-4-32(5-2)17-8-9-18-33(20-22-15-16-23-11-6-7-12-24(23)19-22)29(31)28-21(3)27-25(30)13-10-14-26(27)34-28/h6-7,10-16,19,31H,4-5,8-9,17-18,20H2,1-3H3. The molecule has 0 saturated carbocycles. The summed E-state index contributed by atoms with van der Waals surface area (Å²) in [6.45, 7) is 11.4. The number of amidine groups is 1. The Hall–Kier alpha value is -2.40. The number of hydrogen-bond donors (Lipinski definition) is 1. The second-order valence-corrected chi connectivity index (χ2v) is 10.3. The first-order chi connectivity index (χ1) is 16.5. The van der Waals surface area contributed by atoms with Gasteiger partial charge in [0.2, 0.25) is 0 Å². The molecule has 5 heteroatoms. The van der Waals surface area contributed by atoms with Gasteiger partial charge in [-0.3, -0.25) is 5.41 Å². The van der Waals surface area contributed by atoms with Crippen molar-refractivity contribution in [3.8, 4) is 0 Å². The zero-order valence-electron chi connectivity index (χ0n) is 20.4. The number of nitrogens with zero attached hydrogens (tertiary/aromatic N) is 2. The van der Waals surface area contributed by atoms with Gasteiger partial charge in [-0.1, -0.05) is 67.9 Å². The van der Waals surface area contributed by atoms with Gasteiger partial charge in [0.15, 0.2) is 0 Å². The molecule has 0 fully saturated rings. The van der Waals surface area contributed by atoms with E-state index < -0.39 is 0 Å². The van der Waals surface area contributed by atoms with Gasteiger partial charge in [0, 0.05) is 28.2 Å². The molecule has 0 atom stereocenters. The summed E-state index contributed by atoms with van der Waals surface area (Å²) < 4.78 is 1.15. The van der Waals surface area contributed by atoms with Gasteiger partial charge in [0.1, 0.15) is 5.84 Å². The Morgan fingerprint density at radius 1 is 0.912 bits per heavy atom. The molecule has 0 aliphatic carbocycles. The molecule has 0 radical (unpaired) electrons. The minimum atomic E-state index is 0.603.